The van der Waals surface area contributed by atoms with Gasteiger partial charge in [-0.3, -0.25) is 9.88 Å². The van der Waals surface area contributed by atoms with Crippen molar-refractivity contribution in [3.05, 3.63) is 30.5 Å². The number of fused-ring (bicyclic) bond motifs is 1. The minimum absolute atomic E-state index is 0.622. The number of anilines is 1. The zero-order valence-electron chi connectivity index (χ0n) is 14.5. The van der Waals surface area contributed by atoms with Crippen molar-refractivity contribution >= 4 is 33.9 Å². The van der Waals surface area contributed by atoms with E-state index >= 15 is 0 Å². The van der Waals surface area contributed by atoms with E-state index in [0.717, 1.165) is 68.2 Å². The fourth-order valence-electron chi connectivity index (χ4n) is 2.92. The highest BCUT2D eigenvalue weighted by atomic mass is 32.1. The van der Waals surface area contributed by atoms with Crippen LogP contribution in [0.25, 0.3) is 10.9 Å². The van der Waals surface area contributed by atoms with E-state index in [2.05, 4.69) is 20.5 Å². The molecule has 6 nitrogen and oxygen atoms in total. The fraction of sp³-hybridized carbons (Fsp3) is 0.444. The third-order valence-corrected chi connectivity index (χ3v) is 4.49. The molecular formula is C18H24N4O2S. The smallest absolute Gasteiger partial charge is 0.170 e. The first-order valence-corrected chi connectivity index (χ1v) is 8.95. The van der Waals surface area contributed by atoms with Gasteiger partial charge in [-0.2, -0.15) is 0 Å². The maximum absolute atomic E-state index is 5.42. The molecule has 0 amide bonds. The van der Waals surface area contributed by atoms with Crippen LogP contribution in [-0.2, 0) is 4.74 Å². The number of hydrogen-bond acceptors (Lipinski definition) is 5. The van der Waals surface area contributed by atoms with Crippen molar-refractivity contribution < 1.29 is 9.47 Å². The van der Waals surface area contributed by atoms with Crippen LogP contribution < -0.4 is 15.4 Å². The number of pyridine rings is 1. The molecule has 0 radical (unpaired) electrons. The lowest BCUT2D eigenvalue weighted by molar-refractivity contribution is 0.0376. The van der Waals surface area contributed by atoms with Crippen LogP contribution in [-0.4, -0.2) is 61.5 Å². The predicted octanol–water partition coefficient (Wildman–Crippen LogP) is 2.25. The molecule has 134 valence electrons. The van der Waals surface area contributed by atoms with Gasteiger partial charge in [0, 0.05) is 36.9 Å². The van der Waals surface area contributed by atoms with Gasteiger partial charge in [-0.05, 0) is 49.4 Å². The number of thiocarbonyl (C=S) groups is 1. The van der Waals surface area contributed by atoms with Crippen LogP contribution in [0.2, 0.25) is 0 Å². The Kier molecular flexibility index (Phi) is 6.38. The Balaban J connectivity index is 1.52. The first-order valence-electron chi connectivity index (χ1n) is 8.54. The number of nitrogens with zero attached hydrogens (tertiary/aromatic N) is 2. The number of hydrogen-bond donors (Lipinski definition) is 2. The van der Waals surface area contributed by atoms with Gasteiger partial charge in [0.15, 0.2) is 5.11 Å². The largest absolute Gasteiger partial charge is 0.494 e. The summed E-state index contributed by atoms with van der Waals surface area (Å²) < 4.78 is 10.7. The zero-order valence-corrected chi connectivity index (χ0v) is 15.3. The Bertz CT molecular complexity index is 719. The van der Waals surface area contributed by atoms with Crippen LogP contribution in [0.4, 0.5) is 5.69 Å². The van der Waals surface area contributed by atoms with Crippen molar-refractivity contribution in [2.75, 3.05) is 51.8 Å². The Hall–Kier alpha value is -1.96. The van der Waals surface area contributed by atoms with Crippen LogP contribution in [0, 0.1) is 0 Å². The lowest BCUT2D eigenvalue weighted by Crippen LogP contribution is -2.38. The zero-order chi connectivity index (χ0) is 17.5. The van der Waals surface area contributed by atoms with E-state index in [1.54, 1.807) is 13.3 Å². The summed E-state index contributed by atoms with van der Waals surface area (Å²) in [4.78, 5) is 6.82. The highest BCUT2D eigenvalue weighted by Crippen LogP contribution is 2.29. The van der Waals surface area contributed by atoms with Crippen LogP contribution in [0.5, 0.6) is 5.75 Å². The maximum Gasteiger partial charge on any atom is 0.170 e. The molecular weight excluding hydrogens is 336 g/mol. The maximum atomic E-state index is 5.42. The summed E-state index contributed by atoms with van der Waals surface area (Å²) in [5.41, 5.74) is 1.75. The molecule has 0 spiro atoms. The van der Waals surface area contributed by atoms with Gasteiger partial charge in [0.25, 0.3) is 0 Å². The number of nitrogens with one attached hydrogen (secondary N) is 2. The molecule has 25 heavy (non-hydrogen) atoms. The fourth-order valence-corrected chi connectivity index (χ4v) is 3.13. The second-order valence-corrected chi connectivity index (χ2v) is 6.31. The molecule has 1 aliphatic heterocycles. The van der Waals surface area contributed by atoms with E-state index in [9.17, 15) is 0 Å². The van der Waals surface area contributed by atoms with Gasteiger partial charge >= 0.3 is 0 Å². The van der Waals surface area contributed by atoms with E-state index in [1.807, 2.05) is 24.3 Å². The van der Waals surface area contributed by atoms with Gasteiger partial charge in [-0.1, -0.05) is 0 Å². The van der Waals surface area contributed by atoms with Gasteiger partial charge in [0.1, 0.15) is 11.3 Å². The third-order valence-electron chi connectivity index (χ3n) is 4.24. The molecule has 1 aromatic carbocycles. The van der Waals surface area contributed by atoms with Crippen molar-refractivity contribution in [2.24, 2.45) is 0 Å². The second-order valence-electron chi connectivity index (χ2n) is 5.90. The summed E-state index contributed by atoms with van der Waals surface area (Å²) in [5.74, 6) is 0.755. The number of aromatic nitrogens is 1. The number of morpholine rings is 1. The number of methoxy groups -OCH3 is 1. The molecule has 1 aliphatic rings. The van der Waals surface area contributed by atoms with Crippen molar-refractivity contribution in [1.29, 1.82) is 0 Å². The Morgan fingerprint density at radius 1 is 1.32 bits per heavy atom. The molecule has 0 bridgehead atoms. The lowest BCUT2D eigenvalue weighted by atomic mass is 10.1. The van der Waals surface area contributed by atoms with E-state index in [1.165, 1.54) is 0 Å². The molecule has 0 unspecified atom stereocenters. The molecule has 1 aromatic heterocycles. The molecule has 1 saturated heterocycles. The average molecular weight is 360 g/mol. The van der Waals surface area contributed by atoms with Crippen molar-refractivity contribution in [2.45, 2.75) is 6.42 Å². The number of ether oxygens (including phenoxy) is 2. The number of benzene rings is 1. The third kappa shape index (κ3) is 4.78. The van der Waals surface area contributed by atoms with Crippen LogP contribution in [0.1, 0.15) is 6.42 Å². The van der Waals surface area contributed by atoms with Gasteiger partial charge < -0.3 is 20.1 Å². The summed E-state index contributed by atoms with van der Waals surface area (Å²) in [6, 6.07) is 7.78. The van der Waals surface area contributed by atoms with Crippen LogP contribution in [0.3, 0.4) is 0 Å². The average Bonchev–Trinajstić information content (AvgIpc) is 2.66. The van der Waals surface area contributed by atoms with Crippen LogP contribution >= 0.6 is 12.2 Å². The van der Waals surface area contributed by atoms with E-state index in [0.29, 0.717) is 5.11 Å². The molecule has 0 saturated carbocycles. The lowest BCUT2D eigenvalue weighted by Gasteiger charge is -2.26. The molecule has 1 fully saturated rings. The highest BCUT2D eigenvalue weighted by Gasteiger charge is 2.10. The first-order chi connectivity index (χ1) is 12.3. The quantitative estimate of drug-likeness (QED) is 0.605. The molecule has 2 aromatic rings. The van der Waals surface area contributed by atoms with Crippen LogP contribution in [0.15, 0.2) is 30.5 Å². The summed E-state index contributed by atoms with van der Waals surface area (Å²) in [6.45, 7) is 5.63. The second kappa shape index (κ2) is 8.94. The summed E-state index contributed by atoms with van der Waals surface area (Å²) >= 11 is 5.42. The summed E-state index contributed by atoms with van der Waals surface area (Å²) in [5, 5.41) is 8.15. The summed E-state index contributed by atoms with van der Waals surface area (Å²) in [6.07, 6.45) is 2.81. The normalized spacial score (nSPS) is 15.1. The van der Waals surface area contributed by atoms with Gasteiger partial charge in [-0.15, -0.1) is 0 Å². The SMILES string of the molecule is COc1ccc(NC(=S)NCCCN2CCOCC2)c2cccnc12. The van der Waals surface area contributed by atoms with Gasteiger partial charge in [0.05, 0.1) is 20.3 Å². The van der Waals surface area contributed by atoms with Gasteiger partial charge in [-0.25, -0.2) is 0 Å². The Morgan fingerprint density at radius 2 is 2.16 bits per heavy atom. The van der Waals surface area contributed by atoms with Crippen molar-refractivity contribution in [3.8, 4) is 5.75 Å². The Labute approximate surface area is 153 Å². The van der Waals surface area contributed by atoms with E-state index < -0.39 is 0 Å². The minimum atomic E-state index is 0.622. The van der Waals surface area contributed by atoms with Crippen molar-refractivity contribution in [1.82, 2.24) is 15.2 Å². The number of rotatable bonds is 6. The molecule has 0 aliphatic carbocycles. The minimum Gasteiger partial charge on any atom is -0.494 e. The standard InChI is InChI=1S/C18H24N4O2S/c1-23-16-6-5-15(14-4-2-7-19-17(14)16)21-18(25)20-8-3-9-22-10-12-24-13-11-22/h2,4-7H,3,8-13H2,1H3,(H2,20,21,25). The Morgan fingerprint density at radius 3 is 2.96 bits per heavy atom. The van der Waals surface area contributed by atoms with Crippen molar-refractivity contribution in [3.63, 3.8) is 0 Å². The monoisotopic (exact) mass is 360 g/mol. The first kappa shape index (κ1) is 17.8. The predicted molar refractivity (Wildman–Crippen MR) is 104 cm³/mol. The molecule has 7 heteroatoms. The molecule has 2 heterocycles. The highest BCUT2D eigenvalue weighted by molar-refractivity contribution is 7.80. The molecule has 0 atom stereocenters. The topological polar surface area (TPSA) is 58.7 Å². The van der Waals surface area contributed by atoms with E-state index in [-0.39, 0.29) is 0 Å². The summed E-state index contributed by atoms with van der Waals surface area (Å²) in [7, 11) is 1.65. The van der Waals surface area contributed by atoms with Gasteiger partial charge in [0.2, 0.25) is 0 Å². The molecule has 3 rings (SSSR count). The van der Waals surface area contributed by atoms with E-state index in [4.69, 9.17) is 21.7 Å². The molecule has 2 N–H and O–H groups in total.